The molecule has 0 amide bonds. The zero-order chi connectivity index (χ0) is 28.1. The number of hydrogen-bond donors (Lipinski definition) is 3. The Morgan fingerprint density at radius 3 is 2.65 bits per heavy atom. The van der Waals surface area contributed by atoms with Crippen molar-refractivity contribution in [3.05, 3.63) is 60.1 Å². The zero-order valence-electron chi connectivity index (χ0n) is 23.9. The molecule has 2 aromatic rings. The van der Waals surface area contributed by atoms with Crippen molar-refractivity contribution >= 4 is 36.4 Å². The SMILES string of the molecule is C=Cc1cnc(Nc2ccc(N3CCC(N4CCNCC4)CC3)cc2OC)nc1NC1CC=CC=C1P(C)(C)=O. The average molecular weight is 564 g/mol. The van der Waals surface area contributed by atoms with E-state index in [9.17, 15) is 4.57 Å². The lowest BCUT2D eigenvalue weighted by Gasteiger charge is -2.41. The summed E-state index contributed by atoms with van der Waals surface area (Å²) in [6.45, 7) is 14.1. The standard InChI is InChI=1S/C30H42N7O2P/c1-5-22-21-32-30(35-29(22)33-26-8-6-7-9-28(26)40(3,4)38)34-25-11-10-24(20-27(25)39-2)36-16-12-23(13-17-36)37-18-14-31-15-19-37/h5-7,9-11,20-21,23,26,31H,1,8,12-19H2,2-4H3,(H2,32,33,34,35). The van der Waals surface area contributed by atoms with Crippen LogP contribution in [-0.2, 0) is 4.57 Å². The Morgan fingerprint density at radius 2 is 1.95 bits per heavy atom. The molecule has 1 aromatic carbocycles. The van der Waals surface area contributed by atoms with Gasteiger partial charge in [0.1, 0.15) is 18.7 Å². The van der Waals surface area contributed by atoms with Crippen LogP contribution in [0.25, 0.3) is 6.08 Å². The first kappa shape index (κ1) is 28.4. The van der Waals surface area contributed by atoms with Gasteiger partial charge in [-0.25, -0.2) is 4.98 Å². The van der Waals surface area contributed by atoms with Crippen molar-refractivity contribution in [2.24, 2.45) is 0 Å². The number of piperazine rings is 1. The Morgan fingerprint density at radius 1 is 1.18 bits per heavy atom. The van der Waals surface area contributed by atoms with Crippen molar-refractivity contribution in [2.45, 2.75) is 31.3 Å². The summed E-state index contributed by atoms with van der Waals surface area (Å²) in [5, 5.41) is 11.2. The van der Waals surface area contributed by atoms with Crippen LogP contribution in [0.2, 0.25) is 0 Å². The lowest BCUT2D eigenvalue weighted by atomic mass is 10.0. The van der Waals surface area contributed by atoms with Gasteiger partial charge in [0, 0.05) is 74.1 Å². The van der Waals surface area contributed by atoms with Crippen molar-refractivity contribution in [2.75, 3.05) is 75.2 Å². The highest BCUT2D eigenvalue weighted by atomic mass is 31.2. The molecule has 3 aliphatic rings. The molecule has 0 spiro atoms. The second-order valence-corrected chi connectivity index (χ2v) is 14.2. The molecule has 3 heterocycles. The number of aromatic nitrogens is 2. The predicted molar refractivity (Wildman–Crippen MR) is 167 cm³/mol. The van der Waals surface area contributed by atoms with Crippen molar-refractivity contribution in [3.8, 4) is 5.75 Å². The normalized spacial score (nSPS) is 20.6. The van der Waals surface area contributed by atoms with E-state index in [-0.39, 0.29) is 6.04 Å². The molecule has 3 N–H and O–H groups in total. The van der Waals surface area contributed by atoms with Crippen LogP contribution >= 0.6 is 7.14 Å². The number of benzene rings is 1. The number of nitrogens with one attached hydrogen (secondary N) is 3. The van der Waals surface area contributed by atoms with Crippen molar-refractivity contribution < 1.29 is 9.30 Å². The van der Waals surface area contributed by atoms with E-state index in [0.29, 0.717) is 17.8 Å². The van der Waals surface area contributed by atoms with Crippen LogP contribution in [0.1, 0.15) is 24.8 Å². The van der Waals surface area contributed by atoms with Gasteiger partial charge >= 0.3 is 0 Å². The molecular formula is C30H42N7O2P. The summed E-state index contributed by atoms with van der Waals surface area (Å²) >= 11 is 0. The minimum absolute atomic E-state index is 0.100. The second kappa shape index (κ2) is 12.6. The molecule has 40 heavy (non-hydrogen) atoms. The van der Waals surface area contributed by atoms with Gasteiger partial charge in [0.05, 0.1) is 18.8 Å². The Hall–Kier alpha value is -3.13. The van der Waals surface area contributed by atoms with Gasteiger partial charge in [0.15, 0.2) is 0 Å². The first-order valence-corrected chi connectivity index (χ1v) is 16.8. The number of rotatable bonds is 9. The second-order valence-electron chi connectivity index (χ2n) is 11.0. The predicted octanol–water partition coefficient (Wildman–Crippen LogP) is 4.99. The lowest BCUT2D eigenvalue weighted by molar-refractivity contribution is 0.150. The van der Waals surface area contributed by atoms with Gasteiger partial charge in [-0.05, 0) is 44.7 Å². The summed E-state index contributed by atoms with van der Waals surface area (Å²) in [5.41, 5.74) is 2.75. The molecule has 2 fully saturated rings. The Balaban J connectivity index is 1.28. The molecule has 1 unspecified atom stereocenters. The topological polar surface area (TPSA) is 94.7 Å². The molecule has 214 valence electrons. The van der Waals surface area contributed by atoms with E-state index >= 15 is 0 Å². The van der Waals surface area contributed by atoms with Gasteiger partial charge in [0.25, 0.3) is 0 Å². The third-order valence-electron chi connectivity index (χ3n) is 8.03. The van der Waals surface area contributed by atoms with E-state index in [2.05, 4.69) is 55.5 Å². The van der Waals surface area contributed by atoms with E-state index in [4.69, 9.17) is 9.72 Å². The van der Waals surface area contributed by atoms with E-state index in [1.54, 1.807) is 32.7 Å². The monoisotopic (exact) mass is 563 g/mol. The number of anilines is 4. The highest BCUT2D eigenvalue weighted by Gasteiger charge is 2.27. The minimum Gasteiger partial charge on any atom is -0.494 e. The molecule has 1 atom stereocenters. The first-order chi connectivity index (χ1) is 19.4. The van der Waals surface area contributed by atoms with Crippen molar-refractivity contribution in [3.63, 3.8) is 0 Å². The maximum Gasteiger partial charge on any atom is 0.229 e. The van der Waals surface area contributed by atoms with Crippen LogP contribution in [0.4, 0.5) is 23.1 Å². The molecule has 10 heteroatoms. The highest BCUT2D eigenvalue weighted by molar-refractivity contribution is 7.66. The lowest BCUT2D eigenvalue weighted by Crippen LogP contribution is -2.52. The Bertz CT molecular complexity index is 1310. The highest BCUT2D eigenvalue weighted by Crippen LogP contribution is 2.50. The molecule has 1 aliphatic carbocycles. The fraction of sp³-hybridized carbons (Fsp3) is 0.467. The number of piperidine rings is 1. The molecule has 0 bridgehead atoms. The van der Waals surface area contributed by atoms with E-state index in [1.165, 1.54) is 18.5 Å². The van der Waals surface area contributed by atoms with Crippen molar-refractivity contribution in [1.29, 1.82) is 0 Å². The van der Waals surface area contributed by atoms with Gasteiger partial charge in [-0.15, -0.1) is 0 Å². The smallest absolute Gasteiger partial charge is 0.229 e. The Kier molecular flexibility index (Phi) is 8.94. The van der Waals surface area contributed by atoms with Crippen LogP contribution in [-0.4, -0.2) is 86.7 Å². The van der Waals surface area contributed by atoms with Crippen LogP contribution in [0.15, 0.2) is 54.5 Å². The van der Waals surface area contributed by atoms with Crippen LogP contribution in [0, 0.1) is 0 Å². The van der Waals surface area contributed by atoms with Gasteiger partial charge in [0.2, 0.25) is 5.95 Å². The van der Waals surface area contributed by atoms with Crippen LogP contribution in [0.5, 0.6) is 5.75 Å². The molecule has 1 aromatic heterocycles. The van der Waals surface area contributed by atoms with Crippen LogP contribution in [0.3, 0.4) is 0 Å². The molecule has 2 saturated heterocycles. The molecule has 0 saturated carbocycles. The number of ether oxygens (including phenoxy) is 1. The first-order valence-electron chi connectivity index (χ1n) is 14.2. The maximum absolute atomic E-state index is 12.9. The summed E-state index contributed by atoms with van der Waals surface area (Å²) in [4.78, 5) is 14.4. The fourth-order valence-electron chi connectivity index (χ4n) is 5.82. The van der Waals surface area contributed by atoms with Gasteiger partial charge in [-0.1, -0.05) is 30.9 Å². The van der Waals surface area contributed by atoms with Crippen LogP contribution < -0.4 is 25.6 Å². The van der Waals surface area contributed by atoms with E-state index < -0.39 is 7.14 Å². The zero-order valence-corrected chi connectivity index (χ0v) is 24.8. The fourth-order valence-corrected chi connectivity index (χ4v) is 7.19. The van der Waals surface area contributed by atoms with Crippen molar-refractivity contribution in [1.82, 2.24) is 20.2 Å². The summed E-state index contributed by atoms with van der Waals surface area (Å²) in [6.07, 6.45) is 12.6. The molecule has 9 nitrogen and oxygen atoms in total. The average Bonchev–Trinajstić information content (AvgIpc) is 2.98. The Labute approximate surface area is 238 Å². The number of methoxy groups -OCH3 is 1. The summed E-state index contributed by atoms with van der Waals surface area (Å²) in [6, 6.07) is 6.84. The van der Waals surface area contributed by atoms with Gasteiger partial charge < -0.3 is 30.2 Å². The molecule has 2 aliphatic heterocycles. The molecule has 5 rings (SSSR count). The minimum atomic E-state index is -2.43. The third kappa shape index (κ3) is 6.60. The largest absolute Gasteiger partial charge is 0.494 e. The summed E-state index contributed by atoms with van der Waals surface area (Å²) in [5.74, 6) is 1.84. The van der Waals surface area contributed by atoms with E-state index in [0.717, 1.165) is 68.0 Å². The van der Waals surface area contributed by atoms with E-state index in [1.807, 2.05) is 18.2 Å². The van der Waals surface area contributed by atoms with Gasteiger partial charge in [-0.2, -0.15) is 4.98 Å². The summed E-state index contributed by atoms with van der Waals surface area (Å²) in [7, 11) is -0.737. The number of allylic oxidation sites excluding steroid dienone is 2. The van der Waals surface area contributed by atoms with Gasteiger partial charge in [-0.3, -0.25) is 4.90 Å². The molecule has 0 radical (unpaired) electrons. The quantitative estimate of drug-likeness (QED) is 0.365. The third-order valence-corrected chi connectivity index (χ3v) is 9.74. The summed E-state index contributed by atoms with van der Waals surface area (Å²) < 4.78 is 18.7. The molecular weight excluding hydrogens is 521 g/mol. The maximum atomic E-state index is 12.9. The number of nitrogens with zero attached hydrogens (tertiary/aromatic N) is 4. The number of hydrogen-bond acceptors (Lipinski definition) is 9.